The standard InChI is InChI=1S/C4H6N2OS3/c5-3-6-4(10-9-3)8-2-1-7/h5,7H,1-2H2. The zero-order valence-electron chi connectivity index (χ0n) is 5.03. The summed E-state index contributed by atoms with van der Waals surface area (Å²) in [7, 11) is 2.83. The first kappa shape index (κ1) is 8.19. The zero-order chi connectivity index (χ0) is 7.40. The highest BCUT2D eigenvalue weighted by Gasteiger charge is 1.96. The molecule has 0 saturated heterocycles. The maximum absolute atomic E-state index is 8.45. The average Bonchev–Trinajstić information content (AvgIpc) is 2.31. The highest BCUT2D eigenvalue weighted by atomic mass is 32.9. The number of nitrogens with one attached hydrogen (secondary N) is 1. The number of rotatable bonds is 3. The van der Waals surface area contributed by atoms with Crippen LogP contribution in [0, 0.1) is 5.41 Å². The Hall–Kier alpha value is 0.0900. The largest absolute Gasteiger partial charge is 0.396 e. The molecule has 0 amide bonds. The number of hydrogen-bond acceptors (Lipinski definition) is 6. The Bertz CT molecular complexity index is 243. The third-order valence-corrected chi connectivity index (χ3v) is 4.11. The first-order valence-corrected chi connectivity index (χ1v) is 5.72. The van der Waals surface area contributed by atoms with Crippen LogP contribution in [0.15, 0.2) is 4.34 Å². The molecular formula is C4H6N2OS3. The fourth-order valence-corrected chi connectivity index (χ4v) is 3.19. The molecule has 0 bridgehead atoms. The SMILES string of the molecule is N=c1nc(SCCO)ss1. The summed E-state index contributed by atoms with van der Waals surface area (Å²) in [6, 6.07) is 0. The van der Waals surface area contributed by atoms with Crippen molar-refractivity contribution < 1.29 is 5.11 Å². The molecule has 0 fully saturated rings. The molecule has 0 spiro atoms. The predicted octanol–water partition coefficient (Wildman–Crippen LogP) is 0.768. The van der Waals surface area contributed by atoms with E-state index in [1.165, 1.54) is 32.4 Å². The van der Waals surface area contributed by atoms with E-state index in [0.717, 1.165) is 4.34 Å². The topological polar surface area (TPSA) is 57.0 Å². The van der Waals surface area contributed by atoms with E-state index in [-0.39, 0.29) is 6.61 Å². The molecule has 6 heteroatoms. The van der Waals surface area contributed by atoms with Gasteiger partial charge in [0.25, 0.3) is 0 Å². The molecular weight excluding hydrogens is 188 g/mol. The van der Waals surface area contributed by atoms with Crippen molar-refractivity contribution in [2.45, 2.75) is 4.34 Å². The Balaban J connectivity index is 2.50. The normalized spacial score (nSPS) is 10.1. The summed E-state index contributed by atoms with van der Waals surface area (Å²) in [5.74, 6) is 0.666. The predicted molar refractivity (Wildman–Crippen MR) is 43.7 cm³/mol. The van der Waals surface area contributed by atoms with E-state index in [1.54, 1.807) is 0 Å². The van der Waals surface area contributed by atoms with Crippen LogP contribution in [0.2, 0.25) is 0 Å². The van der Waals surface area contributed by atoms with Crippen LogP contribution >= 0.6 is 32.4 Å². The van der Waals surface area contributed by atoms with Gasteiger partial charge in [-0.05, 0) is 20.7 Å². The minimum absolute atomic E-state index is 0.169. The molecule has 0 aliphatic heterocycles. The summed E-state index contributed by atoms with van der Waals surface area (Å²) in [4.78, 5) is 4.26. The molecule has 0 aliphatic rings. The monoisotopic (exact) mass is 194 g/mol. The van der Waals surface area contributed by atoms with Crippen molar-refractivity contribution in [3.63, 3.8) is 0 Å². The smallest absolute Gasteiger partial charge is 0.213 e. The quantitative estimate of drug-likeness (QED) is 0.552. The lowest BCUT2D eigenvalue weighted by Crippen LogP contribution is -1.93. The van der Waals surface area contributed by atoms with Gasteiger partial charge in [-0.25, -0.2) is 4.98 Å². The van der Waals surface area contributed by atoms with Gasteiger partial charge in [-0.3, -0.25) is 5.41 Å². The van der Waals surface area contributed by atoms with Gasteiger partial charge < -0.3 is 5.11 Å². The molecule has 0 aliphatic carbocycles. The molecule has 0 aromatic carbocycles. The van der Waals surface area contributed by atoms with E-state index in [4.69, 9.17) is 10.5 Å². The van der Waals surface area contributed by atoms with Crippen molar-refractivity contribution >= 4 is 32.4 Å². The molecule has 1 heterocycles. The third kappa shape index (κ3) is 2.37. The number of aliphatic hydroxyl groups is 1. The summed E-state index contributed by atoms with van der Waals surface area (Å²) in [6.07, 6.45) is 0. The maximum Gasteiger partial charge on any atom is 0.213 e. The molecule has 56 valence electrons. The molecule has 1 aromatic heterocycles. The summed E-state index contributed by atoms with van der Waals surface area (Å²) in [6.45, 7) is 0.169. The summed E-state index contributed by atoms with van der Waals surface area (Å²) >= 11 is 1.49. The molecule has 0 saturated carbocycles. The molecule has 0 radical (unpaired) electrons. The molecule has 1 rings (SSSR count). The lowest BCUT2D eigenvalue weighted by Gasteiger charge is -1.87. The molecule has 2 N–H and O–H groups in total. The van der Waals surface area contributed by atoms with E-state index in [0.29, 0.717) is 10.6 Å². The van der Waals surface area contributed by atoms with Crippen molar-refractivity contribution in [2.75, 3.05) is 12.4 Å². The minimum atomic E-state index is 0.169. The molecule has 1 aromatic rings. The van der Waals surface area contributed by atoms with Gasteiger partial charge in [0.2, 0.25) is 4.80 Å². The van der Waals surface area contributed by atoms with Gasteiger partial charge in [-0.2, -0.15) is 0 Å². The highest BCUT2D eigenvalue weighted by molar-refractivity contribution is 8.02. The van der Waals surface area contributed by atoms with Gasteiger partial charge in [-0.15, -0.1) is 0 Å². The van der Waals surface area contributed by atoms with Crippen LogP contribution < -0.4 is 4.80 Å². The first-order chi connectivity index (χ1) is 4.83. The van der Waals surface area contributed by atoms with Crippen LogP contribution in [0.25, 0.3) is 0 Å². The number of nitrogens with zero attached hydrogens (tertiary/aromatic N) is 1. The van der Waals surface area contributed by atoms with Gasteiger partial charge in [0.15, 0.2) is 4.34 Å². The minimum Gasteiger partial charge on any atom is -0.396 e. The summed E-state index contributed by atoms with van der Waals surface area (Å²) < 4.78 is 0.879. The second-order valence-electron chi connectivity index (χ2n) is 1.42. The van der Waals surface area contributed by atoms with Crippen molar-refractivity contribution in [1.29, 1.82) is 5.41 Å². The summed E-state index contributed by atoms with van der Waals surface area (Å²) in [5.41, 5.74) is 0. The van der Waals surface area contributed by atoms with Crippen LogP contribution in [-0.4, -0.2) is 22.5 Å². The molecule has 10 heavy (non-hydrogen) atoms. The van der Waals surface area contributed by atoms with Gasteiger partial charge in [0.1, 0.15) is 0 Å². The Kier molecular flexibility index (Phi) is 3.33. The van der Waals surface area contributed by atoms with E-state index >= 15 is 0 Å². The third-order valence-electron chi connectivity index (χ3n) is 0.702. The maximum atomic E-state index is 8.45. The van der Waals surface area contributed by atoms with E-state index in [1.807, 2.05) is 0 Å². The fraction of sp³-hybridized carbons (Fsp3) is 0.500. The fourth-order valence-electron chi connectivity index (χ4n) is 0.385. The van der Waals surface area contributed by atoms with Crippen LogP contribution in [0.3, 0.4) is 0 Å². The van der Waals surface area contributed by atoms with Crippen molar-refractivity contribution in [1.82, 2.24) is 4.98 Å². The molecule has 0 unspecified atom stereocenters. The van der Waals surface area contributed by atoms with E-state index in [2.05, 4.69) is 4.98 Å². The van der Waals surface area contributed by atoms with Crippen LogP contribution in [0.1, 0.15) is 0 Å². The van der Waals surface area contributed by atoms with E-state index < -0.39 is 0 Å². The number of aliphatic hydroxyl groups excluding tert-OH is 1. The second-order valence-corrected chi connectivity index (χ2v) is 4.87. The zero-order valence-corrected chi connectivity index (χ0v) is 7.48. The van der Waals surface area contributed by atoms with Crippen LogP contribution in [-0.2, 0) is 0 Å². The van der Waals surface area contributed by atoms with Gasteiger partial charge >= 0.3 is 0 Å². The van der Waals surface area contributed by atoms with Crippen molar-refractivity contribution in [3.05, 3.63) is 4.80 Å². The van der Waals surface area contributed by atoms with Crippen molar-refractivity contribution in [3.8, 4) is 0 Å². The molecule has 0 atom stereocenters. The molecule has 3 nitrogen and oxygen atoms in total. The van der Waals surface area contributed by atoms with Gasteiger partial charge in [-0.1, -0.05) is 11.8 Å². The van der Waals surface area contributed by atoms with Gasteiger partial charge in [0, 0.05) is 5.75 Å². The highest BCUT2D eigenvalue weighted by Crippen LogP contribution is 2.20. The van der Waals surface area contributed by atoms with Crippen LogP contribution in [0.4, 0.5) is 0 Å². The first-order valence-electron chi connectivity index (χ1n) is 2.58. The Morgan fingerprint density at radius 3 is 2.90 bits per heavy atom. The Morgan fingerprint density at radius 2 is 2.40 bits per heavy atom. The lowest BCUT2D eigenvalue weighted by atomic mass is 10.9. The van der Waals surface area contributed by atoms with Crippen molar-refractivity contribution in [2.24, 2.45) is 0 Å². The number of hydrogen-bond donors (Lipinski definition) is 2. The Labute approximate surface area is 69.7 Å². The van der Waals surface area contributed by atoms with Crippen LogP contribution in [0.5, 0.6) is 0 Å². The number of thioether (sulfide) groups is 1. The second kappa shape index (κ2) is 4.07. The van der Waals surface area contributed by atoms with E-state index in [9.17, 15) is 0 Å². The Morgan fingerprint density at radius 1 is 1.60 bits per heavy atom. The van der Waals surface area contributed by atoms with Gasteiger partial charge in [0.05, 0.1) is 6.61 Å². The lowest BCUT2D eigenvalue weighted by molar-refractivity contribution is 0.322. The average molecular weight is 194 g/mol. The number of aromatic nitrogens is 1. The summed E-state index contributed by atoms with van der Waals surface area (Å²) in [5, 5.41) is 15.5.